The van der Waals surface area contributed by atoms with Crippen molar-refractivity contribution in [1.29, 1.82) is 0 Å². The molecule has 0 spiro atoms. The zero-order chi connectivity index (χ0) is 16.7. The lowest BCUT2D eigenvalue weighted by molar-refractivity contribution is -0.385. The molecule has 118 valence electrons. The van der Waals surface area contributed by atoms with Gasteiger partial charge in [0.05, 0.1) is 19.1 Å². The lowest BCUT2D eigenvalue weighted by Gasteiger charge is -2.21. The SMILES string of the molecule is COC(=O)C(C(=O)OC)[C@H](CC=O)c1ccccc1[N+](=O)[O-]. The third kappa shape index (κ3) is 3.66. The topological polar surface area (TPSA) is 113 Å². The summed E-state index contributed by atoms with van der Waals surface area (Å²) in [5.74, 6) is -4.34. The number of para-hydroxylation sites is 1. The molecule has 0 N–H and O–H groups in total. The summed E-state index contributed by atoms with van der Waals surface area (Å²) in [6.07, 6.45) is 0.222. The first-order chi connectivity index (χ1) is 10.5. The molecule has 0 bridgehead atoms. The molecule has 1 aromatic carbocycles. The maximum atomic E-state index is 11.9. The minimum atomic E-state index is -1.46. The van der Waals surface area contributed by atoms with E-state index in [9.17, 15) is 24.5 Å². The van der Waals surface area contributed by atoms with E-state index in [1.165, 1.54) is 24.3 Å². The summed E-state index contributed by atoms with van der Waals surface area (Å²) in [6, 6.07) is 5.60. The number of hydrogen-bond acceptors (Lipinski definition) is 7. The highest BCUT2D eigenvalue weighted by molar-refractivity contribution is 5.96. The van der Waals surface area contributed by atoms with Gasteiger partial charge in [0.1, 0.15) is 6.29 Å². The zero-order valence-corrected chi connectivity index (χ0v) is 12.1. The van der Waals surface area contributed by atoms with Gasteiger partial charge in [-0.2, -0.15) is 0 Å². The van der Waals surface area contributed by atoms with Crippen LogP contribution < -0.4 is 0 Å². The molecular formula is C14H15NO7. The molecule has 0 aliphatic rings. The number of aldehydes is 1. The Labute approximate surface area is 126 Å². The Morgan fingerprint density at radius 3 is 2.23 bits per heavy atom. The third-order valence-electron chi connectivity index (χ3n) is 3.20. The fraction of sp³-hybridized carbons (Fsp3) is 0.357. The predicted octanol–water partition coefficient (Wildman–Crippen LogP) is 1.23. The van der Waals surface area contributed by atoms with Gasteiger partial charge in [0.15, 0.2) is 5.92 Å². The highest BCUT2D eigenvalue weighted by Crippen LogP contribution is 2.35. The van der Waals surface area contributed by atoms with Crippen LogP contribution in [0.2, 0.25) is 0 Å². The van der Waals surface area contributed by atoms with Crippen molar-refractivity contribution in [2.24, 2.45) is 5.92 Å². The van der Waals surface area contributed by atoms with Crippen LogP contribution in [0.3, 0.4) is 0 Å². The van der Waals surface area contributed by atoms with Crippen molar-refractivity contribution in [3.05, 3.63) is 39.9 Å². The molecule has 0 aliphatic heterocycles. The molecule has 1 atom stereocenters. The van der Waals surface area contributed by atoms with Gasteiger partial charge in [-0.05, 0) is 0 Å². The number of ether oxygens (including phenoxy) is 2. The molecule has 0 amide bonds. The second-order valence-electron chi connectivity index (χ2n) is 4.35. The smallest absolute Gasteiger partial charge is 0.320 e. The fourth-order valence-electron chi connectivity index (χ4n) is 2.19. The molecular weight excluding hydrogens is 294 g/mol. The molecule has 0 fully saturated rings. The fourth-order valence-corrected chi connectivity index (χ4v) is 2.19. The van der Waals surface area contributed by atoms with Gasteiger partial charge >= 0.3 is 11.9 Å². The van der Waals surface area contributed by atoms with E-state index in [0.717, 1.165) is 14.2 Å². The van der Waals surface area contributed by atoms with E-state index in [0.29, 0.717) is 6.29 Å². The Hall–Kier alpha value is -2.77. The average Bonchev–Trinajstić information content (AvgIpc) is 2.53. The van der Waals surface area contributed by atoms with E-state index in [-0.39, 0.29) is 17.7 Å². The number of methoxy groups -OCH3 is 2. The van der Waals surface area contributed by atoms with Crippen molar-refractivity contribution in [3.63, 3.8) is 0 Å². The molecule has 0 aromatic heterocycles. The van der Waals surface area contributed by atoms with Crippen LogP contribution in [0, 0.1) is 16.0 Å². The van der Waals surface area contributed by atoms with Crippen molar-refractivity contribution < 1.29 is 28.8 Å². The Bertz CT molecular complexity index is 568. The van der Waals surface area contributed by atoms with Gasteiger partial charge in [-0.1, -0.05) is 18.2 Å². The van der Waals surface area contributed by atoms with Crippen molar-refractivity contribution >= 4 is 23.9 Å². The standard InChI is InChI=1S/C14H15NO7/c1-21-13(17)12(14(18)22-2)10(7-8-16)9-5-3-4-6-11(9)15(19)20/h3-6,8,10,12H,7H2,1-2H3/t10-/m1/s1. The number of benzene rings is 1. The maximum absolute atomic E-state index is 11.9. The molecule has 0 radical (unpaired) electrons. The van der Waals surface area contributed by atoms with Crippen LogP contribution in [-0.2, 0) is 23.9 Å². The van der Waals surface area contributed by atoms with E-state index >= 15 is 0 Å². The lowest BCUT2D eigenvalue weighted by atomic mass is 9.83. The van der Waals surface area contributed by atoms with E-state index in [2.05, 4.69) is 9.47 Å². The number of carbonyl (C=O) groups is 3. The largest absolute Gasteiger partial charge is 0.468 e. The van der Waals surface area contributed by atoms with Gasteiger partial charge in [-0.3, -0.25) is 19.7 Å². The summed E-state index contributed by atoms with van der Waals surface area (Å²) in [7, 11) is 2.16. The monoisotopic (exact) mass is 309 g/mol. The number of hydrogen-bond donors (Lipinski definition) is 0. The van der Waals surface area contributed by atoms with E-state index < -0.39 is 28.7 Å². The summed E-state index contributed by atoms with van der Waals surface area (Å²) < 4.78 is 9.12. The summed E-state index contributed by atoms with van der Waals surface area (Å²) in [6.45, 7) is 0. The first-order valence-corrected chi connectivity index (χ1v) is 6.30. The van der Waals surface area contributed by atoms with Crippen LogP contribution >= 0.6 is 0 Å². The number of nitrogens with zero attached hydrogens (tertiary/aromatic N) is 1. The summed E-state index contributed by atoms with van der Waals surface area (Å²) >= 11 is 0. The molecule has 0 saturated carbocycles. The van der Waals surface area contributed by atoms with Crippen molar-refractivity contribution in [3.8, 4) is 0 Å². The van der Waals surface area contributed by atoms with Gasteiger partial charge in [0.2, 0.25) is 0 Å². The van der Waals surface area contributed by atoms with Crippen LogP contribution in [0.15, 0.2) is 24.3 Å². The molecule has 1 rings (SSSR count). The zero-order valence-electron chi connectivity index (χ0n) is 12.1. The number of nitro benzene ring substituents is 1. The maximum Gasteiger partial charge on any atom is 0.320 e. The predicted molar refractivity (Wildman–Crippen MR) is 74.0 cm³/mol. The van der Waals surface area contributed by atoms with Gasteiger partial charge in [0, 0.05) is 24.0 Å². The third-order valence-corrected chi connectivity index (χ3v) is 3.20. The minimum Gasteiger partial charge on any atom is -0.468 e. The van der Waals surface area contributed by atoms with Crippen LogP contribution in [0.1, 0.15) is 17.9 Å². The number of esters is 2. The van der Waals surface area contributed by atoms with Crippen LogP contribution in [0.5, 0.6) is 0 Å². The Morgan fingerprint density at radius 1 is 1.23 bits per heavy atom. The van der Waals surface area contributed by atoms with Gasteiger partial charge in [-0.15, -0.1) is 0 Å². The minimum absolute atomic E-state index is 0.0976. The van der Waals surface area contributed by atoms with E-state index in [1.54, 1.807) is 0 Å². The Balaban J connectivity index is 3.43. The highest BCUT2D eigenvalue weighted by Gasteiger charge is 2.40. The molecule has 8 heteroatoms. The summed E-state index contributed by atoms with van der Waals surface area (Å²) in [5.41, 5.74) is -0.187. The molecule has 1 aromatic rings. The summed E-state index contributed by atoms with van der Waals surface area (Å²) in [4.78, 5) is 45.1. The molecule has 0 aliphatic carbocycles. The van der Waals surface area contributed by atoms with Crippen LogP contribution in [0.25, 0.3) is 0 Å². The number of nitro groups is 1. The van der Waals surface area contributed by atoms with E-state index in [1.807, 2.05) is 0 Å². The van der Waals surface area contributed by atoms with Crippen LogP contribution in [0.4, 0.5) is 5.69 Å². The van der Waals surface area contributed by atoms with Gasteiger partial charge in [0.25, 0.3) is 5.69 Å². The Morgan fingerprint density at radius 2 is 1.77 bits per heavy atom. The summed E-state index contributed by atoms with van der Waals surface area (Å²) in [5, 5.41) is 11.1. The van der Waals surface area contributed by atoms with Crippen molar-refractivity contribution in [1.82, 2.24) is 0 Å². The van der Waals surface area contributed by atoms with E-state index in [4.69, 9.17) is 0 Å². The van der Waals surface area contributed by atoms with Gasteiger partial charge < -0.3 is 14.3 Å². The number of rotatable bonds is 7. The quantitative estimate of drug-likeness (QED) is 0.245. The second kappa shape index (κ2) is 7.87. The van der Waals surface area contributed by atoms with Crippen molar-refractivity contribution in [2.45, 2.75) is 12.3 Å². The Kier molecular flexibility index (Phi) is 6.18. The van der Waals surface area contributed by atoms with Crippen LogP contribution in [-0.4, -0.2) is 37.4 Å². The first-order valence-electron chi connectivity index (χ1n) is 6.30. The molecule has 0 saturated heterocycles. The second-order valence-corrected chi connectivity index (χ2v) is 4.35. The molecule has 0 unspecified atom stereocenters. The first kappa shape index (κ1) is 17.3. The number of carbonyl (C=O) groups excluding carboxylic acids is 3. The molecule has 8 nitrogen and oxygen atoms in total. The average molecular weight is 309 g/mol. The van der Waals surface area contributed by atoms with Gasteiger partial charge in [-0.25, -0.2) is 0 Å². The lowest BCUT2D eigenvalue weighted by Crippen LogP contribution is -2.32. The molecule has 22 heavy (non-hydrogen) atoms. The van der Waals surface area contributed by atoms with Crippen molar-refractivity contribution in [2.75, 3.05) is 14.2 Å². The molecule has 0 heterocycles. The normalized spacial score (nSPS) is 11.6. The highest BCUT2D eigenvalue weighted by atomic mass is 16.6.